The van der Waals surface area contributed by atoms with Crippen LogP contribution < -0.4 is 5.14 Å². The minimum absolute atomic E-state index is 0.189. The molecule has 2 unspecified atom stereocenters. The highest BCUT2D eigenvalue weighted by atomic mass is 32.2. The summed E-state index contributed by atoms with van der Waals surface area (Å²) in [6.45, 7) is 6.00. The molecule has 3 nitrogen and oxygen atoms in total. The van der Waals surface area contributed by atoms with Gasteiger partial charge in [-0.1, -0.05) is 0 Å². The van der Waals surface area contributed by atoms with E-state index in [9.17, 15) is 9.00 Å². The van der Waals surface area contributed by atoms with Crippen LogP contribution in [0.15, 0.2) is 13.2 Å². The first-order valence-corrected chi connectivity index (χ1v) is 7.02. The lowest BCUT2D eigenvalue weighted by atomic mass is 9.55. The SMILES string of the molecule is C=C.N[S@](=O)C12CC3CC(C1)C(=O)C(C3)C2. The molecule has 4 saturated carbocycles. The smallest absolute Gasteiger partial charge is 0.139 e. The summed E-state index contributed by atoms with van der Waals surface area (Å²) in [6, 6.07) is 0. The van der Waals surface area contributed by atoms with E-state index in [1.165, 1.54) is 0 Å². The van der Waals surface area contributed by atoms with Crippen molar-refractivity contribution in [3.8, 4) is 0 Å². The Labute approximate surface area is 99.1 Å². The Balaban J connectivity index is 0.000000457. The number of ketones is 1. The van der Waals surface area contributed by atoms with Crippen LogP contribution in [-0.4, -0.2) is 14.7 Å². The molecule has 4 fully saturated rings. The maximum Gasteiger partial charge on any atom is 0.139 e. The van der Waals surface area contributed by atoms with Crippen molar-refractivity contribution < 1.29 is 9.00 Å². The predicted molar refractivity (Wildman–Crippen MR) is 64.9 cm³/mol. The standard InChI is InChI=1S/C10H15NO2S.C2H4/c11-14(13)10-3-6-1-7(4-10)9(12)8(2-6)5-10;1-2/h6-8H,1-5,11H2;1-2H2/t6?,7?,8?,10?,14-;/m1./s1. The van der Waals surface area contributed by atoms with Crippen molar-refractivity contribution in [2.75, 3.05) is 0 Å². The first-order chi connectivity index (χ1) is 7.61. The van der Waals surface area contributed by atoms with Crippen LogP contribution in [0.3, 0.4) is 0 Å². The van der Waals surface area contributed by atoms with E-state index in [4.69, 9.17) is 5.14 Å². The summed E-state index contributed by atoms with van der Waals surface area (Å²) >= 11 is 0. The fourth-order valence-corrected chi connectivity index (χ4v) is 5.05. The van der Waals surface area contributed by atoms with Gasteiger partial charge in [0.25, 0.3) is 0 Å². The van der Waals surface area contributed by atoms with Crippen molar-refractivity contribution in [3.05, 3.63) is 13.2 Å². The largest absolute Gasteiger partial charge is 0.299 e. The molecule has 3 atom stereocenters. The number of carbonyl (C=O) groups is 1. The summed E-state index contributed by atoms with van der Waals surface area (Å²) in [4.78, 5) is 11.8. The number of rotatable bonds is 1. The molecule has 0 aromatic heterocycles. The van der Waals surface area contributed by atoms with Crippen LogP contribution in [0, 0.1) is 17.8 Å². The van der Waals surface area contributed by atoms with Gasteiger partial charge in [0.05, 0.1) is 15.7 Å². The highest BCUT2D eigenvalue weighted by Gasteiger charge is 2.57. The zero-order chi connectivity index (χ0) is 11.9. The summed E-state index contributed by atoms with van der Waals surface area (Å²) in [5, 5.41) is 5.60. The third kappa shape index (κ3) is 1.59. The van der Waals surface area contributed by atoms with Gasteiger partial charge in [-0.2, -0.15) is 0 Å². The molecule has 0 aromatic carbocycles. The molecule has 16 heavy (non-hydrogen) atoms. The summed E-state index contributed by atoms with van der Waals surface area (Å²) < 4.78 is 11.4. The summed E-state index contributed by atoms with van der Waals surface area (Å²) in [5.41, 5.74) is 0. The molecule has 0 heterocycles. The molecule has 4 aliphatic rings. The highest BCUT2D eigenvalue weighted by Crippen LogP contribution is 2.55. The van der Waals surface area contributed by atoms with Gasteiger partial charge in [0, 0.05) is 11.8 Å². The molecule has 4 bridgehead atoms. The van der Waals surface area contributed by atoms with E-state index in [2.05, 4.69) is 13.2 Å². The quantitative estimate of drug-likeness (QED) is 0.708. The van der Waals surface area contributed by atoms with Crippen molar-refractivity contribution >= 4 is 16.8 Å². The van der Waals surface area contributed by atoms with E-state index in [0.717, 1.165) is 32.1 Å². The lowest BCUT2D eigenvalue weighted by Crippen LogP contribution is -2.58. The lowest BCUT2D eigenvalue weighted by molar-refractivity contribution is -0.138. The molecule has 90 valence electrons. The van der Waals surface area contributed by atoms with Gasteiger partial charge in [-0.15, -0.1) is 13.2 Å². The summed E-state index contributed by atoms with van der Waals surface area (Å²) in [6.07, 6.45) is 4.66. The number of carbonyl (C=O) groups excluding carboxylic acids is 1. The van der Waals surface area contributed by atoms with Gasteiger partial charge >= 0.3 is 0 Å². The Morgan fingerprint density at radius 1 is 1.19 bits per heavy atom. The first kappa shape index (κ1) is 12.0. The molecular formula is C12H19NO2S. The Bertz CT molecular complexity index is 324. The molecule has 0 amide bonds. The molecule has 0 aliphatic heterocycles. The van der Waals surface area contributed by atoms with Crippen molar-refractivity contribution in [1.29, 1.82) is 0 Å². The Morgan fingerprint density at radius 2 is 1.69 bits per heavy atom. The topological polar surface area (TPSA) is 60.2 Å². The maximum absolute atomic E-state index is 11.8. The normalized spacial score (nSPS) is 46.1. The molecule has 4 aliphatic carbocycles. The van der Waals surface area contributed by atoms with Crippen LogP contribution in [-0.2, 0) is 15.8 Å². The lowest BCUT2D eigenvalue weighted by Gasteiger charge is -2.54. The third-order valence-electron chi connectivity index (χ3n) is 4.36. The average molecular weight is 241 g/mol. The number of hydrogen-bond donors (Lipinski definition) is 1. The third-order valence-corrected chi connectivity index (χ3v) is 5.72. The van der Waals surface area contributed by atoms with Gasteiger partial charge in [-0.05, 0) is 38.0 Å². The fraction of sp³-hybridized carbons (Fsp3) is 0.750. The zero-order valence-electron chi connectivity index (χ0n) is 9.48. The van der Waals surface area contributed by atoms with Gasteiger partial charge in [0.2, 0.25) is 0 Å². The number of hydrogen-bond acceptors (Lipinski definition) is 2. The molecule has 0 saturated heterocycles. The molecule has 0 aromatic rings. The van der Waals surface area contributed by atoms with Gasteiger partial charge in [0.1, 0.15) is 5.78 Å². The Morgan fingerprint density at radius 3 is 2.12 bits per heavy atom. The molecule has 4 rings (SSSR count). The summed E-state index contributed by atoms with van der Waals surface area (Å²) in [7, 11) is -1.24. The van der Waals surface area contributed by atoms with Crippen LogP contribution in [0.4, 0.5) is 0 Å². The van der Waals surface area contributed by atoms with Crippen LogP contribution >= 0.6 is 0 Å². The minimum Gasteiger partial charge on any atom is -0.299 e. The van der Waals surface area contributed by atoms with Crippen LogP contribution in [0.2, 0.25) is 0 Å². The van der Waals surface area contributed by atoms with E-state index in [1.807, 2.05) is 0 Å². The van der Waals surface area contributed by atoms with Crippen LogP contribution in [0.25, 0.3) is 0 Å². The molecule has 4 heteroatoms. The highest BCUT2D eigenvalue weighted by molar-refractivity contribution is 7.84. The van der Waals surface area contributed by atoms with E-state index >= 15 is 0 Å². The van der Waals surface area contributed by atoms with E-state index in [-0.39, 0.29) is 16.6 Å². The average Bonchev–Trinajstić information content (AvgIpc) is 2.27. The van der Waals surface area contributed by atoms with E-state index < -0.39 is 11.0 Å². The van der Waals surface area contributed by atoms with Crippen molar-refractivity contribution in [1.82, 2.24) is 0 Å². The number of nitrogens with two attached hydrogens (primary N) is 1. The van der Waals surface area contributed by atoms with Gasteiger partial charge in [-0.3, -0.25) is 9.93 Å². The maximum atomic E-state index is 11.8. The second-order valence-electron chi connectivity index (χ2n) is 5.23. The molecule has 0 spiro atoms. The van der Waals surface area contributed by atoms with Crippen molar-refractivity contribution in [3.63, 3.8) is 0 Å². The van der Waals surface area contributed by atoms with Crippen molar-refractivity contribution in [2.24, 2.45) is 22.9 Å². The van der Waals surface area contributed by atoms with Crippen molar-refractivity contribution in [2.45, 2.75) is 36.9 Å². The molecular weight excluding hydrogens is 222 g/mol. The zero-order valence-corrected chi connectivity index (χ0v) is 10.3. The Kier molecular flexibility index (Phi) is 3.05. The predicted octanol–water partition coefficient (Wildman–Crippen LogP) is 1.56. The van der Waals surface area contributed by atoms with E-state index in [1.54, 1.807) is 0 Å². The molecule has 2 N–H and O–H groups in total. The monoisotopic (exact) mass is 241 g/mol. The fourth-order valence-electron chi connectivity index (χ4n) is 3.92. The van der Waals surface area contributed by atoms with Gasteiger partial charge in [0.15, 0.2) is 0 Å². The van der Waals surface area contributed by atoms with Crippen LogP contribution in [0.5, 0.6) is 0 Å². The van der Waals surface area contributed by atoms with E-state index in [0.29, 0.717) is 11.7 Å². The second-order valence-corrected chi connectivity index (χ2v) is 6.69. The number of Topliss-reactive ketones (excluding diaryl/α,β-unsaturated/α-hetero) is 1. The van der Waals surface area contributed by atoms with Gasteiger partial charge in [-0.25, -0.2) is 4.21 Å². The first-order valence-electron chi connectivity index (χ1n) is 5.81. The minimum atomic E-state index is -1.24. The molecule has 0 radical (unpaired) electrons. The second kappa shape index (κ2) is 4.08. The van der Waals surface area contributed by atoms with Gasteiger partial charge < -0.3 is 0 Å². The Hall–Kier alpha value is -0.480. The summed E-state index contributed by atoms with van der Waals surface area (Å²) in [5.74, 6) is 1.43. The van der Waals surface area contributed by atoms with Crippen LogP contribution in [0.1, 0.15) is 32.1 Å².